The van der Waals surface area contributed by atoms with Crippen molar-refractivity contribution in [3.63, 3.8) is 0 Å². The fraction of sp³-hybridized carbons (Fsp3) is 0.0500. The summed E-state index contributed by atoms with van der Waals surface area (Å²) < 4.78 is 5.99. The lowest BCUT2D eigenvalue weighted by Gasteiger charge is -2.10. The smallest absolute Gasteiger partial charge is 0.193 e. The molecule has 0 aliphatic rings. The van der Waals surface area contributed by atoms with Gasteiger partial charge in [-0.05, 0) is 35.4 Å². The molecule has 3 nitrogen and oxygen atoms in total. The highest BCUT2D eigenvalue weighted by atomic mass is 16.3. The van der Waals surface area contributed by atoms with Crippen molar-refractivity contribution in [3.05, 3.63) is 76.5 Å². The molecule has 0 aliphatic carbocycles. The second-order valence-electron chi connectivity index (χ2n) is 5.61. The number of fused-ring (bicyclic) bond motifs is 2. The van der Waals surface area contributed by atoms with Crippen molar-refractivity contribution in [1.82, 2.24) is 0 Å². The minimum absolute atomic E-state index is 0.0970. The Morgan fingerprint density at radius 3 is 2.57 bits per heavy atom. The molecule has 0 saturated heterocycles. The standard InChI is InChI=1S/C20H14O3/c1-12-5-4-8-15-17(22)11-18(23-20(12)15)19-14-7-3-2-6-13(14)9-10-16(19)21/h2-11,21H,1H3. The van der Waals surface area contributed by atoms with Gasteiger partial charge in [-0.25, -0.2) is 0 Å². The van der Waals surface area contributed by atoms with Crippen LogP contribution in [0, 0.1) is 6.92 Å². The van der Waals surface area contributed by atoms with Gasteiger partial charge in [0.1, 0.15) is 17.1 Å². The van der Waals surface area contributed by atoms with Crippen LogP contribution in [0.15, 0.2) is 69.9 Å². The highest BCUT2D eigenvalue weighted by Crippen LogP contribution is 2.37. The zero-order valence-corrected chi connectivity index (χ0v) is 12.5. The molecule has 4 rings (SSSR count). The van der Waals surface area contributed by atoms with Gasteiger partial charge in [0.15, 0.2) is 5.43 Å². The van der Waals surface area contributed by atoms with Crippen LogP contribution in [-0.4, -0.2) is 5.11 Å². The summed E-state index contributed by atoms with van der Waals surface area (Å²) >= 11 is 0. The number of phenols is 1. The molecule has 112 valence electrons. The average molecular weight is 302 g/mol. The maximum Gasteiger partial charge on any atom is 0.193 e. The molecule has 0 aliphatic heterocycles. The molecule has 0 spiro atoms. The van der Waals surface area contributed by atoms with Gasteiger partial charge in [-0.1, -0.05) is 42.5 Å². The molecule has 0 fully saturated rings. The van der Waals surface area contributed by atoms with Crippen molar-refractivity contribution >= 4 is 21.7 Å². The van der Waals surface area contributed by atoms with Crippen LogP contribution in [0.4, 0.5) is 0 Å². The van der Waals surface area contributed by atoms with E-state index in [9.17, 15) is 9.90 Å². The molecule has 1 N–H and O–H groups in total. The van der Waals surface area contributed by atoms with Gasteiger partial charge in [0.05, 0.1) is 10.9 Å². The van der Waals surface area contributed by atoms with E-state index in [-0.39, 0.29) is 11.2 Å². The number of phenolic OH excluding ortho intramolecular Hbond substituents is 1. The summed E-state index contributed by atoms with van der Waals surface area (Å²) in [6, 6.07) is 18.1. The SMILES string of the molecule is Cc1cccc2c(=O)cc(-c3c(O)ccc4ccccc34)oc12. The van der Waals surface area contributed by atoms with Crippen molar-refractivity contribution in [2.24, 2.45) is 0 Å². The molecule has 23 heavy (non-hydrogen) atoms. The van der Waals surface area contributed by atoms with Gasteiger partial charge in [0.25, 0.3) is 0 Å². The Kier molecular flexibility index (Phi) is 2.95. The van der Waals surface area contributed by atoms with E-state index in [4.69, 9.17) is 4.42 Å². The van der Waals surface area contributed by atoms with Gasteiger partial charge in [-0.2, -0.15) is 0 Å². The van der Waals surface area contributed by atoms with Crippen molar-refractivity contribution in [1.29, 1.82) is 0 Å². The van der Waals surface area contributed by atoms with Crippen molar-refractivity contribution in [2.75, 3.05) is 0 Å². The topological polar surface area (TPSA) is 50.4 Å². The van der Waals surface area contributed by atoms with Crippen molar-refractivity contribution in [2.45, 2.75) is 6.92 Å². The maximum absolute atomic E-state index is 12.4. The lowest BCUT2D eigenvalue weighted by atomic mass is 10.0. The molecule has 1 heterocycles. The van der Waals surface area contributed by atoms with Gasteiger partial charge in [0, 0.05) is 6.07 Å². The predicted molar refractivity (Wildman–Crippen MR) is 91.8 cm³/mol. The highest BCUT2D eigenvalue weighted by Gasteiger charge is 2.14. The highest BCUT2D eigenvalue weighted by molar-refractivity contribution is 5.99. The van der Waals surface area contributed by atoms with Crippen molar-refractivity contribution in [3.8, 4) is 17.1 Å². The Morgan fingerprint density at radius 2 is 1.70 bits per heavy atom. The Bertz CT molecular complexity index is 1110. The molecular formula is C20H14O3. The van der Waals surface area contributed by atoms with E-state index in [2.05, 4.69) is 0 Å². The zero-order chi connectivity index (χ0) is 16.0. The van der Waals surface area contributed by atoms with Crippen LogP contribution in [-0.2, 0) is 0 Å². The molecule has 0 unspecified atom stereocenters. The van der Waals surface area contributed by atoms with Crippen molar-refractivity contribution < 1.29 is 9.52 Å². The monoisotopic (exact) mass is 302 g/mol. The van der Waals surface area contributed by atoms with Crippen LogP contribution in [0.2, 0.25) is 0 Å². The third kappa shape index (κ3) is 2.09. The average Bonchev–Trinajstić information content (AvgIpc) is 2.55. The molecular weight excluding hydrogens is 288 g/mol. The number of para-hydroxylation sites is 1. The fourth-order valence-electron chi connectivity index (χ4n) is 2.96. The predicted octanol–water partition coefficient (Wildman–Crippen LogP) is 4.63. The Balaban J connectivity index is 2.13. The van der Waals surface area contributed by atoms with Crippen LogP contribution in [0.1, 0.15) is 5.56 Å². The van der Waals surface area contributed by atoms with Crippen LogP contribution >= 0.6 is 0 Å². The second-order valence-corrected chi connectivity index (χ2v) is 5.61. The largest absolute Gasteiger partial charge is 0.507 e. The number of aryl methyl sites for hydroxylation is 1. The minimum atomic E-state index is -0.114. The number of aromatic hydroxyl groups is 1. The van der Waals surface area contributed by atoms with Gasteiger partial charge in [-0.15, -0.1) is 0 Å². The molecule has 3 heteroatoms. The van der Waals surface area contributed by atoms with Crippen LogP contribution in [0.3, 0.4) is 0 Å². The summed E-state index contributed by atoms with van der Waals surface area (Å²) in [5.41, 5.74) is 1.88. The molecule has 0 amide bonds. The maximum atomic E-state index is 12.4. The Hall–Kier alpha value is -3.07. The zero-order valence-electron chi connectivity index (χ0n) is 12.5. The van der Waals surface area contributed by atoms with Gasteiger partial charge < -0.3 is 9.52 Å². The number of hydrogen-bond donors (Lipinski definition) is 1. The molecule has 3 aromatic carbocycles. The van der Waals surface area contributed by atoms with Gasteiger partial charge in [-0.3, -0.25) is 4.79 Å². The third-order valence-electron chi connectivity index (χ3n) is 4.10. The molecule has 1 aromatic heterocycles. The number of hydrogen-bond acceptors (Lipinski definition) is 3. The first kappa shape index (κ1) is 13.6. The van der Waals surface area contributed by atoms with Crippen LogP contribution < -0.4 is 5.43 Å². The van der Waals surface area contributed by atoms with E-state index >= 15 is 0 Å². The first-order valence-corrected chi connectivity index (χ1v) is 7.40. The lowest BCUT2D eigenvalue weighted by molar-refractivity contribution is 0.475. The number of benzene rings is 3. The third-order valence-corrected chi connectivity index (χ3v) is 4.10. The lowest BCUT2D eigenvalue weighted by Crippen LogP contribution is -2.01. The summed E-state index contributed by atoms with van der Waals surface area (Å²) in [6.07, 6.45) is 0. The molecule has 4 aromatic rings. The van der Waals surface area contributed by atoms with E-state index < -0.39 is 0 Å². The van der Waals surface area contributed by atoms with E-state index in [0.717, 1.165) is 16.3 Å². The van der Waals surface area contributed by atoms with Gasteiger partial charge >= 0.3 is 0 Å². The minimum Gasteiger partial charge on any atom is -0.507 e. The summed E-state index contributed by atoms with van der Waals surface area (Å²) in [4.78, 5) is 12.4. The molecule has 0 bridgehead atoms. The first-order chi connectivity index (χ1) is 11.1. The van der Waals surface area contributed by atoms with E-state index in [1.807, 2.05) is 49.4 Å². The normalized spacial score (nSPS) is 11.2. The first-order valence-electron chi connectivity index (χ1n) is 7.40. The van der Waals surface area contributed by atoms with Gasteiger partial charge in [0.2, 0.25) is 0 Å². The quantitative estimate of drug-likeness (QED) is 0.558. The molecule has 0 radical (unpaired) electrons. The van der Waals surface area contributed by atoms with E-state index in [0.29, 0.717) is 22.3 Å². The summed E-state index contributed by atoms with van der Waals surface area (Å²) in [5, 5.41) is 12.7. The molecule has 0 saturated carbocycles. The fourth-order valence-corrected chi connectivity index (χ4v) is 2.96. The number of rotatable bonds is 1. The second kappa shape index (κ2) is 4.99. The van der Waals surface area contributed by atoms with E-state index in [1.54, 1.807) is 12.1 Å². The summed E-state index contributed by atoms with van der Waals surface area (Å²) in [5.74, 6) is 0.478. The Morgan fingerprint density at radius 1 is 0.913 bits per heavy atom. The van der Waals surface area contributed by atoms with Crippen LogP contribution in [0.5, 0.6) is 5.75 Å². The van der Waals surface area contributed by atoms with E-state index in [1.165, 1.54) is 6.07 Å². The van der Waals surface area contributed by atoms with Crippen LogP contribution in [0.25, 0.3) is 33.1 Å². The summed E-state index contributed by atoms with van der Waals surface area (Å²) in [6.45, 7) is 1.90. The Labute approximate surface area is 132 Å². The summed E-state index contributed by atoms with van der Waals surface area (Å²) in [7, 11) is 0. The molecule has 0 atom stereocenters.